The van der Waals surface area contributed by atoms with Gasteiger partial charge in [0.1, 0.15) is 0 Å². The fourth-order valence-electron chi connectivity index (χ4n) is 1.54. The largest absolute Gasteiger partial charge is 0.396 e. The van der Waals surface area contributed by atoms with E-state index in [4.69, 9.17) is 34.7 Å². The van der Waals surface area contributed by atoms with Gasteiger partial charge in [-0.05, 0) is 30.7 Å². The van der Waals surface area contributed by atoms with Gasteiger partial charge in [0.25, 0.3) is 0 Å². The smallest absolute Gasteiger partial charge is 0.217 e. The Balaban J connectivity index is 2.45. The highest BCUT2D eigenvalue weighted by molar-refractivity contribution is 6.38. The predicted octanol–water partition coefficient (Wildman–Crippen LogP) is 1.46. The molecule has 0 saturated heterocycles. The van der Waals surface area contributed by atoms with Gasteiger partial charge in [0.05, 0.1) is 21.8 Å². The van der Waals surface area contributed by atoms with Gasteiger partial charge in [0.15, 0.2) is 0 Å². The van der Waals surface area contributed by atoms with Crippen LogP contribution in [0, 0.1) is 0 Å². The van der Waals surface area contributed by atoms with Gasteiger partial charge in [-0.3, -0.25) is 4.79 Å². The third-order valence-corrected chi connectivity index (χ3v) is 3.23. The molecule has 0 aliphatic rings. The van der Waals surface area contributed by atoms with Crippen LogP contribution >= 0.6 is 23.2 Å². The van der Waals surface area contributed by atoms with Crippen molar-refractivity contribution in [3.05, 3.63) is 27.7 Å². The topological polar surface area (TPSA) is 101 Å². The average Bonchev–Trinajstić information content (AvgIpc) is 2.34. The third-order valence-electron chi connectivity index (χ3n) is 2.60. The Morgan fingerprint density at radius 3 is 2.47 bits per heavy atom. The number of anilines is 1. The molecule has 0 aliphatic heterocycles. The Morgan fingerprint density at radius 1 is 1.37 bits per heavy atom. The summed E-state index contributed by atoms with van der Waals surface area (Å²) in [4.78, 5) is 10.5. The Kier molecular flexibility index (Phi) is 6.37. The van der Waals surface area contributed by atoms with E-state index >= 15 is 0 Å². The molecule has 0 aromatic heterocycles. The summed E-state index contributed by atoms with van der Waals surface area (Å²) < 4.78 is 0. The summed E-state index contributed by atoms with van der Waals surface area (Å²) in [6.45, 7) is 0.922. The molecule has 1 aromatic rings. The number of carbonyl (C=O) groups is 1. The van der Waals surface area contributed by atoms with Crippen molar-refractivity contribution in [2.45, 2.75) is 18.9 Å². The van der Waals surface area contributed by atoms with E-state index in [0.29, 0.717) is 47.2 Å². The number of primary amides is 1. The van der Waals surface area contributed by atoms with E-state index in [1.807, 2.05) is 0 Å². The van der Waals surface area contributed by atoms with E-state index in [1.54, 1.807) is 12.1 Å². The van der Waals surface area contributed by atoms with Crippen LogP contribution in [0.2, 0.25) is 10.0 Å². The van der Waals surface area contributed by atoms with Gasteiger partial charge >= 0.3 is 0 Å². The molecule has 0 bridgehead atoms. The van der Waals surface area contributed by atoms with Crippen molar-refractivity contribution in [1.82, 2.24) is 5.32 Å². The second-order valence-corrected chi connectivity index (χ2v) is 5.00. The molecule has 1 aromatic carbocycles. The summed E-state index contributed by atoms with van der Waals surface area (Å²) in [6, 6.07) is 3.16. The summed E-state index contributed by atoms with van der Waals surface area (Å²) >= 11 is 11.8. The average molecular weight is 306 g/mol. The number of aliphatic hydroxyl groups is 1. The van der Waals surface area contributed by atoms with Crippen LogP contribution in [0.25, 0.3) is 0 Å². The first-order chi connectivity index (χ1) is 8.91. The fourth-order valence-corrected chi connectivity index (χ4v) is 2.04. The van der Waals surface area contributed by atoms with Crippen molar-refractivity contribution >= 4 is 34.8 Å². The molecule has 106 valence electrons. The molecule has 1 unspecified atom stereocenters. The minimum absolute atomic E-state index is 0.300. The zero-order valence-electron chi connectivity index (χ0n) is 10.3. The molecule has 0 saturated carbocycles. The molecule has 7 heteroatoms. The predicted molar refractivity (Wildman–Crippen MR) is 77.1 cm³/mol. The minimum atomic E-state index is -0.746. The fraction of sp³-hybridized carbons (Fsp3) is 0.417. The van der Waals surface area contributed by atoms with E-state index in [9.17, 15) is 9.90 Å². The number of hydrogen-bond acceptors (Lipinski definition) is 4. The standard InChI is InChI=1S/C12H17Cl2N3O2/c13-8-4-7(5-9(14)12(8)16)10(18)6-17-3-1-2-11(15)19/h4-5,10,17-18H,1-3,6,16H2,(H2,15,19). The van der Waals surface area contributed by atoms with Gasteiger partial charge in [0.2, 0.25) is 5.91 Å². The molecule has 1 rings (SSSR count). The van der Waals surface area contributed by atoms with E-state index < -0.39 is 6.10 Å². The first-order valence-corrected chi connectivity index (χ1v) is 6.59. The molecular weight excluding hydrogens is 289 g/mol. The molecule has 6 N–H and O–H groups in total. The Hall–Kier alpha value is -1.01. The molecule has 0 radical (unpaired) electrons. The van der Waals surface area contributed by atoms with Crippen molar-refractivity contribution in [1.29, 1.82) is 0 Å². The number of nitrogens with one attached hydrogen (secondary N) is 1. The van der Waals surface area contributed by atoms with Gasteiger partial charge in [0, 0.05) is 13.0 Å². The molecule has 0 heterocycles. The first kappa shape index (κ1) is 16.0. The molecule has 1 amide bonds. The number of amides is 1. The number of hydrogen-bond donors (Lipinski definition) is 4. The van der Waals surface area contributed by atoms with Crippen molar-refractivity contribution < 1.29 is 9.90 Å². The molecule has 0 aliphatic carbocycles. The third kappa shape index (κ3) is 5.24. The van der Waals surface area contributed by atoms with E-state index in [1.165, 1.54) is 0 Å². The van der Waals surface area contributed by atoms with E-state index in [0.717, 1.165) is 0 Å². The Bertz CT molecular complexity index is 432. The van der Waals surface area contributed by atoms with Crippen molar-refractivity contribution in [2.24, 2.45) is 5.73 Å². The lowest BCUT2D eigenvalue weighted by molar-refractivity contribution is -0.118. The van der Waals surface area contributed by atoms with E-state index in [2.05, 4.69) is 5.32 Å². The maximum Gasteiger partial charge on any atom is 0.217 e. The number of aliphatic hydroxyl groups excluding tert-OH is 1. The number of halogens is 2. The molecule has 5 nitrogen and oxygen atoms in total. The van der Waals surface area contributed by atoms with Gasteiger partial charge in [-0.2, -0.15) is 0 Å². The first-order valence-electron chi connectivity index (χ1n) is 5.83. The number of nitrogen functional groups attached to an aromatic ring is 1. The number of carbonyl (C=O) groups excluding carboxylic acids is 1. The molecule has 19 heavy (non-hydrogen) atoms. The van der Waals surface area contributed by atoms with Crippen LogP contribution in [0.15, 0.2) is 12.1 Å². The zero-order chi connectivity index (χ0) is 14.4. The molecule has 0 fully saturated rings. The SMILES string of the molecule is NC(=O)CCCNCC(O)c1cc(Cl)c(N)c(Cl)c1. The van der Waals surface area contributed by atoms with Crippen molar-refractivity contribution in [2.75, 3.05) is 18.8 Å². The monoisotopic (exact) mass is 305 g/mol. The maximum atomic E-state index is 10.5. The van der Waals surface area contributed by atoms with Gasteiger partial charge in [-0.1, -0.05) is 23.2 Å². The lowest BCUT2D eigenvalue weighted by Gasteiger charge is -2.14. The highest BCUT2D eigenvalue weighted by Crippen LogP contribution is 2.31. The van der Waals surface area contributed by atoms with Crippen LogP contribution in [0.3, 0.4) is 0 Å². The van der Waals surface area contributed by atoms with Crippen LogP contribution in [0.5, 0.6) is 0 Å². The van der Waals surface area contributed by atoms with Gasteiger partial charge in [-0.25, -0.2) is 0 Å². The van der Waals surface area contributed by atoms with Crippen LogP contribution < -0.4 is 16.8 Å². The maximum absolute atomic E-state index is 10.5. The van der Waals surface area contributed by atoms with Crippen molar-refractivity contribution in [3.63, 3.8) is 0 Å². The number of benzene rings is 1. The Labute approximate surface area is 121 Å². The summed E-state index contributed by atoms with van der Waals surface area (Å²) in [5.74, 6) is -0.334. The summed E-state index contributed by atoms with van der Waals surface area (Å²) in [5.41, 5.74) is 11.5. The molecular formula is C12H17Cl2N3O2. The van der Waals surface area contributed by atoms with Crippen LogP contribution in [-0.4, -0.2) is 24.1 Å². The molecule has 1 atom stereocenters. The number of rotatable bonds is 7. The lowest BCUT2D eigenvalue weighted by atomic mass is 10.1. The van der Waals surface area contributed by atoms with Crippen LogP contribution in [0.1, 0.15) is 24.5 Å². The minimum Gasteiger partial charge on any atom is -0.396 e. The second-order valence-electron chi connectivity index (χ2n) is 4.19. The van der Waals surface area contributed by atoms with Crippen LogP contribution in [-0.2, 0) is 4.79 Å². The van der Waals surface area contributed by atoms with E-state index in [-0.39, 0.29) is 5.91 Å². The summed E-state index contributed by atoms with van der Waals surface area (Å²) in [5, 5.41) is 13.6. The number of nitrogens with two attached hydrogens (primary N) is 2. The van der Waals surface area contributed by atoms with Gasteiger partial charge in [-0.15, -0.1) is 0 Å². The highest BCUT2D eigenvalue weighted by atomic mass is 35.5. The van der Waals surface area contributed by atoms with Crippen LogP contribution in [0.4, 0.5) is 5.69 Å². The lowest BCUT2D eigenvalue weighted by Crippen LogP contribution is -2.23. The van der Waals surface area contributed by atoms with Crippen molar-refractivity contribution in [3.8, 4) is 0 Å². The summed E-state index contributed by atoms with van der Waals surface area (Å²) in [6.07, 6.45) is 0.206. The quantitative estimate of drug-likeness (QED) is 0.452. The second kappa shape index (κ2) is 7.55. The highest BCUT2D eigenvalue weighted by Gasteiger charge is 2.11. The Morgan fingerprint density at radius 2 is 1.95 bits per heavy atom. The van der Waals surface area contributed by atoms with Gasteiger partial charge < -0.3 is 21.9 Å². The summed E-state index contributed by atoms with van der Waals surface area (Å²) in [7, 11) is 0. The molecule has 0 spiro atoms. The normalized spacial score (nSPS) is 12.4. The zero-order valence-corrected chi connectivity index (χ0v) is 11.8.